The highest BCUT2D eigenvalue weighted by Gasteiger charge is 2.50. The van der Waals surface area contributed by atoms with Crippen molar-refractivity contribution in [3.05, 3.63) is 109 Å². The lowest BCUT2D eigenvalue weighted by molar-refractivity contribution is -0.301. The number of carboxylic acids is 1. The van der Waals surface area contributed by atoms with Crippen LogP contribution in [-0.4, -0.2) is 89.2 Å². The van der Waals surface area contributed by atoms with Crippen LogP contribution in [0, 0.1) is 0 Å². The van der Waals surface area contributed by atoms with Gasteiger partial charge in [-0.2, -0.15) is 0 Å². The Morgan fingerprint density at radius 2 is 0.844 bits per heavy atom. The molecule has 0 aromatic rings. The van der Waals surface area contributed by atoms with Gasteiger partial charge in [0, 0.05) is 19.3 Å². The zero-order valence-electron chi connectivity index (χ0n) is 47.9. The van der Waals surface area contributed by atoms with Crippen LogP contribution in [0.4, 0.5) is 0 Å². The largest absolute Gasteiger partial charge is 0.479 e. The van der Waals surface area contributed by atoms with Crippen LogP contribution in [0.5, 0.6) is 0 Å². The molecule has 0 saturated carbocycles. The van der Waals surface area contributed by atoms with E-state index in [-0.39, 0.29) is 25.9 Å². The number of carboxylic acid groups (broad SMARTS) is 1. The Labute approximate surface area is 465 Å². The van der Waals surface area contributed by atoms with Crippen LogP contribution in [0.25, 0.3) is 0 Å². The molecule has 1 saturated heterocycles. The van der Waals surface area contributed by atoms with Gasteiger partial charge in [0.25, 0.3) is 0 Å². The number of allylic oxidation sites excluding steroid dienone is 18. The standard InChI is InChI=1S/C65H104O12/c1-4-7-10-13-16-19-22-25-27-28-29-30-32-34-36-39-42-45-48-51-57(66)73-54-56(75-58(67)52-49-46-43-40-38-35-31-26-23-20-17-14-11-8-5-2)55-74-65-63(61(70)60(69)62(77-65)64(71)72)76-59(68)53-50-47-44-41-37-33-24-21-18-15-12-9-6-3/h7,9-10,12,16,18-19,21,25,27,29-30,33-34,36-37,42,45,56,60-63,65,69-70H,4-6,8,11,13-15,17,20,22-24,26,28,31-32,35,38-41,43-44,46-55H2,1-3H3,(H,71,72)/b10-7-,12-9-,19-16-,21-18-,27-25-,30-29-,36-34-,37-33-,45-42-. The maximum absolute atomic E-state index is 13.2. The van der Waals surface area contributed by atoms with Crippen LogP contribution in [0.3, 0.4) is 0 Å². The number of ether oxygens (including phenoxy) is 5. The third-order valence-electron chi connectivity index (χ3n) is 12.9. The summed E-state index contributed by atoms with van der Waals surface area (Å²) in [5.74, 6) is -3.28. The fourth-order valence-electron chi connectivity index (χ4n) is 8.35. The number of aliphatic hydroxyl groups excluding tert-OH is 2. The van der Waals surface area contributed by atoms with Gasteiger partial charge in [0.05, 0.1) is 6.61 Å². The first-order valence-electron chi connectivity index (χ1n) is 29.9. The van der Waals surface area contributed by atoms with E-state index in [0.29, 0.717) is 19.3 Å². The molecule has 77 heavy (non-hydrogen) atoms. The van der Waals surface area contributed by atoms with E-state index in [4.69, 9.17) is 23.7 Å². The Bertz CT molecular complexity index is 1750. The predicted molar refractivity (Wildman–Crippen MR) is 312 cm³/mol. The molecule has 1 fully saturated rings. The third kappa shape index (κ3) is 42.1. The summed E-state index contributed by atoms with van der Waals surface area (Å²) >= 11 is 0. The van der Waals surface area contributed by atoms with E-state index in [1.165, 1.54) is 70.6 Å². The normalized spacial score (nSPS) is 18.8. The average Bonchev–Trinajstić information content (AvgIpc) is 3.42. The van der Waals surface area contributed by atoms with Crippen molar-refractivity contribution in [1.82, 2.24) is 0 Å². The number of rotatable bonds is 49. The topological polar surface area (TPSA) is 175 Å². The van der Waals surface area contributed by atoms with Gasteiger partial charge in [0.1, 0.15) is 18.8 Å². The molecule has 6 atom stereocenters. The first-order chi connectivity index (χ1) is 37.6. The summed E-state index contributed by atoms with van der Waals surface area (Å²) in [5.41, 5.74) is 0. The lowest BCUT2D eigenvalue weighted by atomic mass is 9.98. The first kappa shape index (κ1) is 70.4. The van der Waals surface area contributed by atoms with E-state index in [9.17, 15) is 34.5 Å². The number of unbranched alkanes of at least 4 members (excludes halogenated alkanes) is 17. The molecule has 0 aromatic carbocycles. The Morgan fingerprint density at radius 3 is 1.30 bits per heavy atom. The number of hydrogen-bond donors (Lipinski definition) is 3. The molecule has 12 nitrogen and oxygen atoms in total. The smallest absolute Gasteiger partial charge is 0.335 e. The van der Waals surface area contributed by atoms with Gasteiger partial charge in [-0.1, -0.05) is 226 Å². The van der Waals surface area contributed by atoms with Crippen LogP contribution in [-0.2, 0) is 42.9 Å². The zero-order chi connectivity index (χ0) is 56.1. The first-order valence-corrected chi connectivity index (χ1v) is 29.9. The number of hydrogen-bond acceptors (Lipinski definition) is 11. The third-order valence-corrected chi connectivity index (χ3v) is 12.9. The molecule has 1 aliphatic heterocycles. The summed E-state index contributed by atoms with van der Waals surface area (Å²) in [6.45, 7) is 5.68. The van der Waals surface area contributed by atoms with Crippen LogP contribution < -0.4 is 0 Å². The van der Waals surface area contributed by atoms with E-state index in [0.717, 1.165) is 96.3 Å². The second-order valence-electron chi connectivity index (χ2n) is 19.9. The van der Waals surface area contributed by atoms with Crippen molar-refractivity contribution in [2.24, 2.45) is 0 Å². The molecule has 0 spiro atoms. The lowest BCUT2D eigenvalue weighted by Gasteiger charge is -2.40. The van der Waals surface area contributed by atoms with Crippen molar-refractivity contribution in [1.29, 1.82) is 0 Å². The molecule has 3 N–H and O–H groups in total. The van der Waals surface area contributed by atoms with Crippen LogP contribution in [0.1, 0.15) is 226 Å². The minimum atomic E-state index is -1.93. The number of aliphatic hydroxyl groups is 2. The van der Waals surface area contributed by atoms with E-state index < -0.39 is 67.3 Å². The number of carbonyl (C=O) groups is 4. The lowest BCUT2D eigenvalue weighted by Crippen LogP contribution is -2.61. The van der Waals surface area contributed by atoms with Gasteiger partial charge in [-0.25, -0.2) is 4.79 Å². The van der Waals surface area contributed by atoms with Gasteiger partial charge in [-0.3, -0.25) is 14.4 Å². The summed E-state index contributed by atoms with van der Waals surface area (Å²) in [7, 11) is 0. The molecule has 12 heteroatoms. The summed E-state index contributed by atoms with van der Waals surface area (Å²) in [4.78, 5) is 51.1. The van der Waals surface area contributed by atoms with Crippen molar-refractivity contribution < 1.29 is 58.2 Å². The number of carbonyl (C=O) groups excluding carboxylic acids is 3. The van der Waals surface area contributed by atoms with Crippen molar-refractivity contribution in [2.45, 2.75) is 263 Å². The van der Waals surface area contributed by atoms with Crippen LogP contribution >= 0.6 is 0 Å². The quantitative estimate of drug-likeness (QED) is 0.0228. The van der Waals surface area contributed by atoms with Crippen molar-refractivity contribution in [2.75, 3.05) is 13.2 Å². The maximum atomic E-state index is 13.2. The second kappa shape index (κ2) is 52.1. The molecule has 0 aliphatic carbocycles. The summed E-state index contributed by atoms with van der Waals surface area (Å²) in [5, 5.41) is 31.5. The monoisotopic (exact) mass is 1080 g/mol. The highest BCUT2D eigenvalue weighted by molar-refractivity contribution is 5.74. The maximum Gasteiger partial charge on any atom is 0.335 e. The molecule has 1 aliphatic rings. The van der Waals surface area contributed by atoms with E-state index >= 15 is 0 Å². The molecule has 0 radical (unpaired) electrons. The molecule has 0 bridgehead atoms. The number of esters is 3. The Morgan fingerprint density at radius 1 is 0.442 bits per heavy atom. The molecule has 436 valence electrons. The van der Waals surface area contributed by atoms with Crippen LogP contribution in [0.2, 0.25) is 0 Å². The Hall–Kier alpha value is -4.62. The average molecular weight is 1080 g/mol. The van der Waals surface area contributed by atoms with Crippen LogP contribution in [0.15, 0.2) is 109 Å². The predicted octanol–water partition coefficient (Wildman–Crippen LogP) is 15.4. The van der Waals surface area contributed by atoms with Gasteiger partial charge in [0.2, 0.25) is 0 Å². The number of aliphatic carboxylic acids is 1. The van der Waals surface area contributed by atoms with E-state index in [2.05, 4.69) is 118 Å². The molecule has 1 rings (SSSR count). The van der Waals surface area contributed by atoms with Gasteiger partial charge in [-0.15, -0.1) is 0 Å². The van der Waals surface area contributed by atoms with Crippen molar-refractivity contribution in [3.8, 4) is 0 Å². The summed E-state index contributed by atoms with van der Waals surface area (Å²) in [6, 6.07) is 0. The highest BCUT2D eigenvalue weighted by Crippen LogP contribution is 2.26. The van der Waals surface area contributed by atoms with Crippen molar-refractivity contribution >= 4 is 23.9 Å². The molecular weight excluding hydrogens is 973 g/mol. The summed E-state index contributed by atoms with van der Waals surface area (Å²) in [6.07, 6.45) is 57.9. The Balaban J connectivity index is 2.75. The second-order valence-corrected chi connectivity index (χ2v) is 19.9. The van der Waals surface area contributed by atoms with E-state index in [1.54, 1.807) is 0 Å². The molecule has 0 amide bonds. The minimum Gasteiger partial charge on any atom is -0.479 e. The molecule has 0 aromatic heterocycles. The minimum absolute atomic E-state index is 0.0141. The summed E-state index contributed by atoms with van der Waals surface area (Å²) < 4.78 is 28.3. The molecular formula is C65H104O12. The van der Waals surface area contributed by atoms with Gasteiger partial charge in [-0.05, 0) is 89.9 Å². The van der Waals surface area contributed by atoms with Gasteiger partial charge in [0.15, 0.2) is 24.6 Å². The molecule has 6 unspecified atom stereocenters. The highest BCUT2D eigenvalue weighted by atomic mass is 16.7. The van der Waals surface area contributed by atoms with E-state index in [1.807, 2.05) is 12.2 Å². The fraction of sp³-hybridized carbons (Fsp3) is 0.662. The Kier molecular flexibility index (Phi) is 47.6. The molecule has 1 heterocycles. The SMILES string of the molecule is CC/C=C\C/C=C\C/C=C\C/C=C\C/C=C\C/C=C\CCC(=O)OCC(COC1OC(C(=O)O)C(O)C(O)C1OC(=O)CCCCC/C=C\C/C=C\C/C=C\CC)OC(=O)CCCCCCCCCCCCCCCCC. The van der Waals surface area contributed by atoms with Crippen molar-refractivity contribution in [3.63, 3.8) is 0 Å². The van der Waals surface area contributed by atoms with Gasteiger partial charge >= 0.3 is 23.9 Å². The zero-order valence-corrected chi connectivity index (χ0v) is 47.9. The van der Waals surface area contributed by atoms with Gasteiger partial charge < -0.3 is 39.0 Å². The fourth-order valence-corrected chi connectivity index (χ4v) is 8.35.